The maximum absolute atomic E-state index is 6.18. The largest absolute Gasteiger partial charge is 0.278 e. The van der Waals surface area contributed by atoms with Gasteiger partial charge in [0, 0.05) is 22.4 Å². The molecular weight excluding hydrogens is 339 g/mol. The second kappa shape index (κ2) is 4.50. The highest BCUT2D eigenvalue weighted by Crippen LogP contribution is 2.30. The summed E-state index contributed by atoms with van der Waals surface area (Å²) in [5.41, 5.74) is 1.28. The number of hydrogen-bond donors (Lipinski definition) is 0. The van der Waals surface area contributed by atoms with Gasteiger partial charge >= 0.3 is 0 Å². The Morgan fingerprint density at radius 2 is 2.00 bits per heavy atom. The molecule has 0 saturated carbocycles. The Labute approximate surface area is 121 Å². The molecule has 0 N–H and O–H groups in total. The first kappa shape index (κ1) is 11.9. The first-order valence-corrected chi connectivity index (χ1v) is 6.52. The molecule has 0 aliphatic heterocycles. The van der Waals surface area contributed by atoms with Gasteiger partial charge in [-0.3, -0.25) is 4.40 Å². The SMILES string of the molecule is Clc1ccc(Br)cc1-c1nnc2c(Cl)nccn12. The first-order valence-electron chi connectivity index (χ1n) is 4.97. The van der Waals surface area contributed by atoms with Crippen LogP contribution in [-0.4, -0.2) is 19.6 Å². The van der Waals surface area contributed by atoms with E-state index in [1.165, 1.54) is 0 Å². The molecule has 3 rings (SSSR count). The topological polar surface area (TPSA) is 43.1 Å². The summed E-state index contributed by atoms with van der Waals surface area (Å²) in [6, 6.07) is 5.54. The van der Waals surface area contributed by atoms with Crippen molar-refractivity contribution in [3.8, 4) is 11.4 Å². The normalized spacial score (nSPS) is 11.1. The van der Waals surface area contributed by atoms with Crippen LogP contribution in [0.2, 0.25) is 10.2 Å². The summed E-state index contributed by atoms with van der Waals surface area (Å²) in [4.78, 5) is 3.95. The van der Waals surface area contributed by atoms with Gasteiger partial charge in [-0.05, 0) is 18.2 Å². The Morgan fingerprint density at radius 1 is 1.17 bits per heavy atom. The van der Waals surface area contributed by atoms with E-state index in [9.17, 15) is 0 Å². The Hall–Kier alpha value is -1.17. The lowest BCUT2D eigenvalue weighted by Crippen LogP contribution is -1.91. The molecule has 0 aliphatic rings. The summed E-state index contributed by atoms with van der Waals surface area (Å²) in [5, 5.41) is 9.03. The predicted octanol–water partition coefficient (Wildman–Crippen LogP) is 3.86. The van der Waals surface area contributed by atoms with Crippen LogP contribution in [0.1, 0.15) is 0 Å². The lowest BCUT2D eigenvalue weighted by atomic mass is 10.2. The van der Waals surface area contributed by atoms with Crippen LogP contribution >= 0.6 is 39.1 Å². The van der Waals surface area contributed by atoms with Crippen molar-refractivity contribution in [3.63, 3.8) is 0 Å². The lowest BCUT2D eigenvalue weighted by Gasteiger charge is -2.03. The summed E-state index contributed by atoms with van der Waals surface area (Å²) in [7, 11) is 0. The van der Waals surface area contributed by atoms with Crippen LogP contribution < -0.4 is 0 Å². The van der Waals surface area contributed by atoms with Crippen LogP contribution in [0.4, 0.5) is 0 Å². The Balaban J connectivity index is 2.32. The van der Waals surface area contributed by atoms with E-state index in [1.807, 2.05) is 12.1 Å². The molecule has 90 valence electrons. The van der Waals surface area contributed by atoms with E-state index in [-0.39, 0.29) is 0 Å². The van der Waals surface area contributed by atoms with Crippen LogP contribution in [0.3, 0.4) is 0 Å². The van der Waals surface area contributed by atoms with Crippen molar-refractivity contribution in [3.05, 3.63) is 45.2 Å². The van der Waals surface area contributed by atoms with Crippen molar-refractivity contribution in [1.29, 1.82) is 0 Å². The highest BCUT2D eigenvalue weighted by atomic mass is 79.9. The average molecular weight is 344 g/mol. The van der Waals surface area contributed by atoms with Gasteiger partial charge in [-0.2, -0.15) is 0 Å². The molecule has 0 amide bonds. The number of rotatable bonds is 1. The van der Waals surface area contributed by atoms with E-state index in [0.29, 0.717) is 21.6 Å². The van der Waals surface area contributed by atoms with Gasteiger partial charge in [0.25, 0.3) is 0 Å². The third kappa shape index (κ3) is 1.88. The summed E-state index contributed by atoms with van der Waals surface area (Å²) >= 11 is 15.5. The fraction of sp³-hybridized carbons (Fsp3) is 0. The van der Waals surface area contributed by atoms with Gasteiger partial charge in [0.1, 0.15) is 0 Å². The van der Waals surface area contributed by atoms with Crippen molar-refractivity contribution in [2.75, 3.05) is 0 Å². The molecule has 0 radical (unpaired) electrons. The van der Waals surface area contributed by atoms with Crippen molar-refractivity contribution < 1.29 is 0 Å². The van der Waals surface area contributed by atoms with Gasteiger partial charge < -0.3 is 0 Å². The minimum atomic E-state index is 0.308. The van der Waals surface area contributed by atoms with Crippen molar-refractivity contribution in [2.45, 2.75) is 0 Å². The van der Waals surface area contributed by atoms with Crippen LogP contribution in [0.5, 0.6) is 0 Å². The van der Waals surface area contributed by atoms with Crippen molar-refractivity contribution in [2.24, 2.45) is 0 Å². The van der Waals surface area contributed by atoms with Crippen LogP contribution in [0.15, 0.2) is 35.1 Å². The molecule has 4 nitrogen and oxygen atoms in total. The third-order valence-corrected chi connectivity index (χ3v) is 3.54. The first-order chi connectivity index (χ1) is 8.66. The standard InChI is InChI=1S/C11H5BrCl2N4/c12-6-1-2-8(13)7(5-6)10-16-17-11-9(14)15-3-4-18(10)11/h1-5H. The zero-order valence-electron chi connectivity index (χ0n) is 8.81. The number of benzene rings is 1. The molecule has 7 heteroatoms. The summed E-state index contributed by atoms with van der Waals surface area (Å²) in [6.07, 6.45) is 3.34. The maximum atomic E-state index is 6.18. The van der Waals surface area contributed by atoms with Gasteiger partial charge in [-0.15, -0.1) is 10.2 Å². The van der Waals surface area contributed by atoms with Crippen LogP contribution in [-0.2, 0) is 0 Å². The van der Waals surface area contributed by atoms with Gasteiger partial charge in [0.2, 0.25) is 0 Å². The Kier molecular flexibility index (Phi) is 2.97. The van der Waals surface area contributed by atoms with Gasteiger partial charge in [-0.1, -0.05) is 39.1 Å². The van der Waals surface area contributed by atoms with E-state index < -0.39 is 0 Å². The van der Waals surface area contributed by atoms with E-state index >= 15 is 0 Å². The number of halogens is 3. The highest BCUT2D eigenvalue weighted by molar-refractivity contribution is 9.10. The van der Waals surface area contributed by atoms with Crippen LogP contribution in [0, 0.1) is 0 Å². The fourth-order valence-corrected chi connectivity index (χ4v) is 2.40. The molecule has 3 aromatic rings. The summed E-state index contributed by atoms with van der Waals surface area (Å²) in [5.74, 6) is 0.626. The van der Waals surface area contributed by atoms with Gasteiger partial charge in [-0.25, -0.2) is 4.98 Å². The van der Waals surface area contributed by atoms with E-state index in [1.54, 1.807) is 22.9 Å². The molecule has 2 aromatic heterocycles. The number of hydrogen-bond acceptors (Lipinski definition) is 3. The molecule has 0 fully saturated rings. The minimum absolute atomic E-state index is 0.308. The number of nitrogens with zero attached hydrogens (tertiary/aromatic N) is 4. The Morgan fingerprint density at radius 3 is 2.83 bits per heavy atom. The smallest absolute Gasteiger partial charge is 0.198 e. The molecule has 0 bridgehead atoms. The molecule has 18 heavy (non-hydrogen) atoms. The highest BCUT2D eigenvalue weighted by Gasteiger charge is 2.13. The molecule has 1 aromatic carbocycles. The predicted molar refractivity (Wildman–Crippen MR) is 73.9 cm³/mol. The maximum Gasteiger partial charge on any atom is 0.198 e. The zero-order chi connectivity index (χ0) is 12.7. The van der Waals surface area contributed by atoms with E-state index in [4.69, 9.17) is 23.2 Å². The molecule has 0 spiro atoms. The quantitative estimate of drug-likeness (QED) is 0.673. The molecule has 0 unspecified atom stereocenters. The molecule has 2 heterocycles. The second-order valence-corrected chi connectivity index (χ2v) is 5.24. The fourth-order valence-electron chi connectivity index (χ4n) is 1.65. The van der Waals surface area contributed by atoms with Crippen LogP contribution in [0.25, 0.3) is 17.0 Å². The Bertz CT molecular complexity index is 741. The molecule has 0 aliphatic carbocycles. The monoisotopic (exact) mass is 342 g/mol. The number of fused-ring (bicyclic) bond motifs is 1. The minimum Gasteiger partial charge on any atom is -0.278 e. The number of aromatic nitrogens is 4. The van der Waals surface area contributed by atoms with Gasteiger partial charge in [0.05, 0.1) is 5.02 Å². The molecule has 0 saturated heterocycles. The van der Waals surface area contributed by atoms with E-state index in [0.717, 1.165) is 10.0 Å². The zero-order valence-corrected chi connectivity index (χ0v) is 11.9. The van der Waals surface area contributed by atoms with E-state index in [2.05, 4.69) is 31.1 Å². The van der Waals surface area contributed by atoms with Gasteiger partial charge in [0.15, 0.2) is 16.6 Å². The summed E-state index contributed by atoms with van der Waals surface area (Å²) < 4.78 is 2.67. The molecular formula is C11H5BrCl2N4. The summed E-state index contributed by atoms with van der Waals surface area (Å²) in [6.45, 7) is 0. The third-order valence-electron chi connectivity index (χ3n) is 2.45. The van der Waals surface area contributed by atoms with Crippen molar-refractivity contribution >= 4 is 44.8 Å². The average Bonchev–Trinajstić information content (AvgIpc) is 2.77. The lowest BCUT2D eigenvalue weighted by molar-refractivity contribution is 1.11. The van der Waals surface area contributed by atoms with Crippen molar-refractivity contribution in [1.82, 2.24) is 19.6 Å². The molecule has 0 atom stereocenters. The second-order valence-electron chi connectivity index (χ2n) is 3.56.